The first kappa shape index (κ1) is 20.7. The van der Waals surface area contributed by atoms with Gasteiger partial charge in [-0.3, -0.25) is 9.80 Å². The predicted molar refractivity (Wildman–Crippen MR) is 120 cm³/mol. The zero-order valence-corrected chi connectivity index (χ0v) is 17.7. The summed E-state index contributed by atoms with van der Waals surface area (Å²) in [6.45, 7) is 7.45. The zero-order chi connectivity index (χ0) is 20.6. The van der Waals surface area contributed by atoms with Gasteiger partial charge in [-0.15, -0.1) is 6.58 Å². The van der Waals surface area contributed by atoms with Crippen LogP contribution in [0.3, 0.4) is 0 Å². The predicted octanol–water partition coefficient (Wildman–Crippen LogP) is 5.87. The van der Waals surface area contributed by atoms with Gasteiger partial charge in [0.15, 0.2) is 0 Å². The minimum Gasteiger partial charge on any atom is -0.468 e. The standard InChI is InChI=1S/C26H32N2O2/c1-2-16-27(20-23-12-8-17-29-23)25-14-6-7-15-26(25)28(21-24-13-9-18-30-24)19-22-10-4-3-5-11-22/h2-5,8-13,17-18,25-26H,1,6-7,14-16,19-21H2/t25-,26-/m1/s1. The quantitative estimate of drug-likeness (QED) is 0.395. The van der Waals surface area contributed by atoms with Crippen molar-refractivity contribution in [1.82, 2.24) is 9.80 Å². The molecule has 30 heavy (non-hydrogen) atoms. The third-order valence-electron chi connectivity index (χ3n) is 6.10. The van der Waals surface area contributed by atoms with Gasteiger partial charge in [0, 0.05) is 25.2 Å². The Morgan fingerprint density at radius 1 is 0.767 bits per heavy atom. The molecule has 0 amide bonds. The lowest BCUT2D eigenvalue weighted by Gasteiger charge is -2.44. The molecule has 4 rings (SSSR count). The first-order chi connectivity index (χ1) is 14.8. The van der Waals surface area contributed by atoms with Crippen LogP contribution in [0.4, 0.5) is 0 Å². The van der Waals surface area contributed by atoms with Crippen LogP contribution in [0, 0.1) is 0 Å². The Balaban J connectivity index is 1.58. The average Bonchev–Trinajstić information content (AvgIpc) is 3.48. The summed E-state index contributed by atoms with van der Waals surface area (Å²) in [5, 5.41) is 0. The fourth-order valence-corrected chi connectivity index (χ4v) is 4.74. The molecule has 0 bridgehead atoms. The molecule has 158 valence electrons. The second kappa shape index (κ2) is 10.5. The average molecular weight is 405 g/mol. The molecule has 2 aromatic heterocycles. The van der Waals surface area contributed by atoms with Crippen molar-refractivity contribution in [1.29, 1.82) is 0 Å². The van der Waals surface area contributed by atoms with E-state index >= 15 is 0 Å². The summed E-state index contributed by atoms with van der Waals surface area (Å²) >= 11 is 0. The van der Waals surface area contributed by atoms with Crippen molar-refractivity contribution in [2.45, 2.75) is 57.4 Å². The van der Waals surface area contributed by atoms with E-state index in [9.17, 15) is 0 Å². The van der Waals surface area contributed by atoms with Gasteiger partial charge in [0.1, 0.15) is 11.5 Å². The molecule has 1 aromatic carbocycles. The molecule has 0 radical (unpaired) electrons. The lowest BCUT2D eigenvalue weighted by atomic mass is 9.87. The van der Waals surface area contributed by atoms with E-state index in [1.54, 1.807) is 12.5 Å². The van der Waals surface area contributed by atoms with Crippen molar-refractivity contribution in [2.75, 3.05) is 6.54 Å². The molecule has 2 atom stereocenters. The molecule has 1 fully saturated rings. The minimum absolute atomic E-state index is 0.457. The summed E-state index contributed by atoms with van der Waals surface area (Å²) in [5.74, 6) is 2.04. The Hall–Kier alpha value is -2.56. The van der Waals surface area contributed by atoms with Gasteiger partial charge in [-0.25, -0.2) is 0 Å². The van der Waals surface area contributed by atoms with Crippen molar-refractivity contribution in [2.24, 2.45) is 0 Å². The van der Waals surface area contributed by atoms with E-state index in [2.05, 4.69) is 58.8 Å². The lowest BCUT2D eigenvalue weighted by molar-refractivity contribution is 0.0335. The van der Waals surface area contributed by atoms with E-state index in [0.29, 0.717) is 12.1 Å². The maximum absolute atomic E-state index is 5.73. The van der Waals surface area contributed by atoms with Gasteiger partial charge in [-0.1, -0.05) is 49.2 Å². The van der Waals surface area contributed by atoms with E-state index in [0.717, 1.165) is 37.7 Å². The highest BCUT2D eigenvalue weighted by atomic mass is 16.3. The van der Waals surface area contributed by atoms with E-state index in [-0.39, 0.29) is 0 Å². The molecular weight excluding hydrogens is 372 g/mol. The fraction of sp³-hybridized carbons (Fsp3) is 0.385. The number of benzene rings is 1. The highest BCUT2D eigenvalue weighted by Crippen LogP contribution is 2.30. The fourth-order valence-electron chi connectivity index (χ4n) is 4.74. The van der Waals surface area contributed by atoms with Crippen molar-refractivity contribution < 1.29 is 8.83 Å². The van der Waals surface area contributed by atoms with Gasteiger partial charge in [-0.2, -0.15) is 0 Å². The van der Waals surface area contributed by atoms with Crippen molar-refractivity contribution in [3.05, 3.63) is 96.9 Å². The summed E-state index contributed by atoms with van der Waals surface area (Å²) in [5.41, 5.74) is 1.34. The van der Waals surface area contributed by atoms with Crippen LogP contribution in [-0.4, -0.2) is 28.4 Å². The molecule has 1 saturated carbocycles. The van der Waals surface area contributed by atoms with Gasteiger partial charge >= 0.3 is 0 Å². The third-order valence-corrected chi connectivity index (χ3v) is 6.10. The number of hydrogen-bond donors (Lipinski definition) is 0. The molecule has 0 spiro atoms. The van der Waals surface area contributed by atoms with Crippen LogP contribution < -0.4 is 0 Å². The lowest BCUT2D eigenvalue weighted by Crippen LogP contribution is -2.52. The molecule has 2 heterocycles. The summed E-state index contributed by atoms with van der Waals surface area (Å²) in [6.07, 6.45) is 10.5. The van der Waals surface area contributed by atoms with Gasteiger partial charge in [0.05, 0.1) is 25.6 Å². The summed E-state index contributed by atoms with van der Waals surface area (Å²) in [6, 6.07) is 19.8. The number of furan rings is 2. The zero-order valence-electron chi connectivity index (χ0n) is 17.7. The second-order valence-corrected chi connectivity index (χ2v) is 8.19. The highest BCUT2D eigenvalue weighted by Gasteiger charge is 2.34. The molecule has 1 aliphatic carbocycles. The van der Waals surface area contributed by atoms with E-state index < -0.39 is 0 Å². The Bertz CT molecular complexity index is 858. The second-order valence-electron chi connectivity index (χ2n) is 8.19. The smallest absolute Gasteiger partial charge is 0.117 e. The molecular formula is C26H32N2O2. The van der Waals surface area contributed by atoms with Crippen LogP contribution in [0.2, 0.25) is 0 Å². The number of nitrogens with zero attached hydrogens (tertiary/aromatic N) is 2. The Morgan fingerprint density at radius 3 is 1.93 bits per heavy atom. The van der Waals surface area contributed by atoms with Crippen LogP contribution in [0.5, 0.6) is 0 Å². The SMILES string of the molecule is C=CCN(Cc1ccco1)[C@@H]1CCCC[C@H]1N(Cc1ccccc1)Cc1ccco1. The van der Waals surface area contributed by atoms with Crippen LogP contribution in [0.1, 0.15) is 42.8 Å². The maximum Gasteiger partial charge on any atom is 0.117 e. The van der Waals surface area contributed by atoms with Gasteiger partial charge in [0.2, 0.25) is 0 Å². The van der Waals surface area contributed by atoms with Crippen LogP contribution >= 0.6 is 0 Å². The molecule has 4 nitrogen and oxygen atoms in total. The molecule has 0 saturated heterocycles. The maximum atomic E-state index is 5.73. The molecule has 0 unspecified atom stereocenters. The van der Waals surface area contributed by atoms with Crippen LogP contribution in [-0.2, 0) is 19.6 Å². The number of rotatable bonds is 10. The third kappa shape index (κ3) is 5.32. The van der Waals surface area contributed by atoms with Crippen LogP contribution in [0.15, 0.2) is 88.6 Å². The topological polar surface area (TPSA) is 32.8 Å². The first-order valence-electron chi connectivity index (χ1n) is 11.0. The molecule has 1 aliphatic rings. The van der Waals surface area contributed by atoms with Gasteiger partial charge in [-0.05, 0) is 42.7 Å². The van der Waals surface area contributed by atoms with Crippen molar-refractivity contribution in [3.8, 4) is 0 Å². The monoisotopic (exact) mass is 404 g/mol. The molecule has 3 aromatic rings. The Morgan fingerprint density at radius 2 is 1.37 bits per heavy atom. The summed E-state index contributed by atoms with van der Waals surface area (Å²) in [4.78, 5) is 5.14. The first-order valence-corrected chi connectivity index (χ1v) is 11.0. The Kier molecular flexibility index (Phi) is 7.22. The minimum atomic E-state index is 0.457. The molecule has 0 aliphatic heterocycles. The summed E-state index contributed by atoms with van der Waals surface area (Å²) < 4.78 is 11.4. The summed E-state index contributed by atoms with van der Waals surface area (Å²) in [7, 11) is 0. The normalized spacial score (nSPS) is 19.4. The molecule has 0 N–H and O–H groups in total. The van der Waals surface area contributed by atoms with Gasteiger partial charge in [0.25, 0.3) is 0 Å². The van der Waals surface area contributed by atoms with Crippen molar-refractivity contribution in [3.63, 3.8) is 0 Å². The van der Waals surface area contributed by atoms with Crippen LogP contribution in [0.25, 0.3) is 0 Å². The van der Waals surface area contributed by atoms with E-state index in [1.165, 1.54) is 31.2 Å². The highest BCUT2D eigenvalue weighted by molar-refractivity contribution is 5.15. The van der Waals surface area contributed by atoms with E-state index in [4.69, 9.17) is 8.83 Å². The molecule has 4 heteroatoms. The largest absolute Gasteiger partial charge is 0.468 e. The number of hydrogen-bond acceptors (Lipinski definition) is 4. The van der Waals surface area contributed by atoms with Gasteiger partial charge < -0.3 is 8.83 Å². The Labute approximate surface area is 179 Å². The van der Waals surface area contributed by atoms with Crippen molar-refractivity contribution >= 4 is 0 Å². The van der Waals surface area contributed by atoms with E-state index in [1.807, 2.05) is 18.2 Å².